The first-order valence-corrected chi connectivity index (χ1v) is 8.59. The highest BCUT2D eigenvalue weighted by atomic mass is 31.1. The van der Waals surface area contributed by atoms with Gasteiger partial charge >= 0.3 is 14.1 Å². The van der Waals surface area contributed by atoms with Crippen molar-refractivity contribution in [2.45, 2.75) is 6.61 Å². The molecule has 1 N–H and O–H groups in total. The summed E-state index contributed by atoms with van der Waals surface area (Å²) in [4.78, 5) is 11.7. The maximum Gasteiger partial charge on any atom is 0.509 e. The summed E-state index contributed by atoms with van der Waals surface area (Å²) in [5.74, 6) is 0. The van der Waals surface area contributed by atoms with Gasteiger partial charge in [-0.1, -0.05) is 54.6 Å². The summed E-state index contributed by atoms with van der Waals surface area (Å²) in [5.41, 5.74) is 3.03. The Hall–Kier alpha value is -2.23. The number of benzene rings is 2. The van der Waals surface area contributed by atoms with Gasteiger partial charge < -0.3 is 10.1 Å². The van der Waals surface area contributed by atoms with Gasteiger partial charge in [0, 0.05) is 0 Å². The molecule has 0 aliphatic carbocycles. The van der Waals surface area contributed by atoms with Gasteiger partial charge in [-0.15, -0.1) is 4.52 Å². The quantitative estimate of drug-likeness (QED) is 0.779. The molecule has 0 bridgehead atoms. The van der Waals surface area contributed by atoms with Crippen LogP contribution >= 0.6 is 8.03 Å². The summed E-state index contributed by atoms with van der Waals surface area (Å²) in [7, 11) is -0.345. The molecule has 1 amide bonds. The third-order valence-electron chi connectivity index (χ3n) is 3.23. The monoisotopic (exact) mass is 332 g/mol. The predicted molar refractivity (Wildman–Crippen MR) is 89.5 cm³/mol. The molecule has 0 aromatic heterocycles. The molecule has 2 aromatic rings. The summed E-state index contributed by atoms with van der Waals surface area (Å²) < 4.78 is 21.0. The summed E-state index contributed by atoms with van der Waals surface area (Å²) in [6, 6.07) is 17.7. The van der Waals surface area contributed by atoms with E-state index in [9.17, 15) is 9.36 Å². The van der Waals surface area contributed by atoms with E-state index in [1.54, 1.807) is 0 Å². The fourth-order valence-electron chi connectivity index (χ4n) is 2.08. The molecule has 0 heterocycles. The number of hydrogen-bond acceptors (Lipinski definition) is 4. The largest absolute Gasteiger partial charge is 0.509 e. The zero-order valence-electron chi connectivity index (χ0n) is 12.9. The van der Waals surface area contributed by atoms with Gasteiger partial charge in [-0.2, -0.15) is 0 Å². The number of ether oxygens (including phenoxy) is 1. The van der Waals surface area contributed by atoms with Crippen LogP contribution in [-0.2, 0) is 20.4 Å². The van der Waals surface area contributed by atoms with Crippen LogP contribution in [0, 0.1) is 0 Å². The molecule has 2 rings (SSSR count). The van der Waals surface area contributed by atoms with Crippen LogP contribution in [0.15, 0.2) is 54.6 Å². The average molecular weight is 332 g/mol. The first-order valence-electron chi connectivity index (χ1n) is 7.23. The Balaban J connectivity index is 1.91. The molecule has 0 fully saturated rings. The van der Waals surface area contributed by atoms with Crippen molar-refractivity contribution in [3.63, 3.8) is 0 Å². The van der Waals surface area contributed by atoms with Crippen molar-refractivity contribution in [2.75, 3.05) is 19.8 Å². The highest BCUT2D eigenvalue weighted by Gasteiger charge is 2.15. The minimum absolute atomic E-state index is 0.174. The van der Waals surface area contributed by atoms with Gasteiger partial charge in [-0.05, 0) is 21.3 Å². The van der Waals surface area contributed by atoms with Crippen LogP contribution in [-0.4, -0.2) is 25.9 Å². The van der Waals surface area contributed by atoms with Gasteiger partial charge in [0.1, 0.15) is 6.61 Å². The summed E-state index contributed by atoms with van der Waals surface area (Å²) in [6.07, 6.45) is -0.269. The van der Waals surface area contributed by atoms with E-state index in [1.165, 1.54) is 7.11 Å². The lowest BCUT2D eigenvalue weighted by Crippen LogP contribution is -2.26. The number of carbonyl (C=O) groups excluding carboxylic acids is 1. The third-order valence-corrected chi connectivity index (χ3v) is 4.22. The first kappa shape index (κ1) is 17.1. The average Bonchev–Trinajstić information content (AvgIpc) is 2.60. The Morgan fingerprint density at radius 3 is 2.52 bits per heavy atom. The number of carbonyl (C=O) groups is 1. The number of nitrogens with one attached hydrogen (secondary N) is 1. The Labute approximate surface area is 136 Å². The second-order valence-electron chi connectivity index (χ2n) is 4.76. The minimum atomic E-state index is -1.72. The lowest BCUT2D eigenvalue weighted by molar-refractivity contribution is 0.140. The van der Waals surface area contributed by atoms with Crippen molar-refractivity contribution in [1.29, 1.82) is 0 Å². The SMILES string of the molecule is CO[P+](=O)CCNC(=O)OCc1ccccc1-c1ccccc1. The van der Waals surface area contributed by atoms with Crippen LogP contribution in [0.4, 0.5) is 4.79 Å². The van der Waals surface area contributed by atoms with Crippen LogP contribution in [0.5, 0.6) is 0 Å². The summed E-state index contributed by atoms with van der Waals surface area (Å²) >= 11 is 0. The number of hydrogen-bond donors (Lipinski definition) is 1. The van der Waals surface area contributed by atoms with Crippen LogP contribution in [0.1, 0.15) is 5.56 Å². The van der Waals surface area contributed by atoms with E-state index in [4.69, 9.17) is 4.74 Å². The lowest BCUT2D eigenvalue weighted by Gasteiger charge is -2.10. The maximum absolute atomic E-state index is 11.7. The van der Waals surface area contributed by atoms with Crippen molar-refractivity contribution in [3.05, 3.63) is 60.2 Å². The fraction of sp³-hybridized carbons (Fsp3) is 0.235. The fourth-order valence-corrected chi connectivity index (χ4v) is 2.56. The molecule has 0 spiro atoms. The van der Waals surface area contributed by atoms with Crippen molar-refractivity contribution in [1.82, 2.24) is 5.32 Å². The van der Waals surface area contributed by atoms with E-state index in [-0.39, 0.29) is 19.3 Å². The van der Waals surface area contributed by atoms with Crippen LogP contribution < -0.4 is 5.32 Å². The van der Waals surface area contributed by atoms with Crippen molar-refractivity contribution in [3.8, 4) is 11.1 Å². The molecule has 1 unspecified atom stereocenters. The van der Waals surface area contributed by atoms with Crippen molar-refractivity contribution < 1.29 is 18.6 Å². The van der Waals surface area contributed by atoms with E-state index < -0.39 is 14.1 Å². The van der Waals surface area contributed by atoms with E-state index >= 15 is 0 Å². The molecule has 1 atom stereocenters. The molecule has 0 aliphatic heterocycles. The number of alkyl carbamates (subject to hydrolysis) is 1. The Morgan fingerprint density at radius 1 is 1.09 bits per heavy atom. The number of amides is 1. The molecule has 120 valence electrons. The normalized spacial score (nSPS) is 10.9. The predicted octanol–water partition coefficient (Wildman–Crippen LogP) is 3.97. The van der Waals surface area contributed by atoms with Crippen LogP contribution in [0.2, 0.25) is 0 Å². The van der Waals surface area contributed by atoms with Gasteiger partial charge in [-0.3, -0.25) is 0 Å². The molecule has 2 aromatic carbocycles. The summed E-state index contributed by atoms with van der Waals surface area (Å²) in [6.45, 7) is 0.426. The molecule has 0 aliphatic rings. The van der Waals surface area contributed by atoms with E-state index in [2.05, 4.69) is 9.84 Å². The zero-order valence-corrected chi connectivity index (χ0v) is 13.8. The van der Waals surface area contributed by atoms with Crippen molar-refractivity contribution in [2.24, 2.45) is 0 Å². The van der Waals surface area contributed by atoms with E-state index in [1.807, 2.05) is 54.6 Å². The first-order chi connectivity index (χ1) is 11.2. The Morgan fingerprint density at radius 2 is 1.78 bits per heavy atom. The molecule has 0 saturated carbocycles. The Kier molecular flexibility index (Phi) is 6.73. The van der Waals surface area contributed by atoms with Crippen LogP contribution in [0.25, 0.3) is 11.1 Å². The van der Waals surface area contributed by atoms with E-state index in [0.29, 0.717) is 0 Å². The van der Waals surface area contributed by atoms with Gasteiger partial charge in [0.15, 0.2) is 6.16 Å². The molecular weight excluding hydrogens is 313 g/mol. The molecule has 0 saturated heterocycles. The molecule has 5 nitrogen and oxygen atoms in total. The molecular formula is C17H19NO4P+. The molecule has 0 radical (unpaired) electrons. The number of rotatable bonds is 7. The zero-order chi connectivity index (χ0) is 16.5. The lowest BCUT2D eigenvalue weighted by atomic mass is 10.0. The maximum atomic E-state index is 11.7. The minimum Gasteiger partial charge on any atom is -0.445 e. The smallest absolute Gasteiger partial charge is 0.445 e. The second kappa shape index (κ2) is 9.03. The van der Waals surface area contributed by atoms with Crippen LogP contribution in [0.3, 0.4) is 0 Å². The Bertz CT molecular complexity index is 661. The topological polar surface area (TPSA) is 64.6 Å². The molecule has 6 heteroatoms. The van der Waals surface area contributed by atoms with Crippen molar-refractivity contribution >= 4 is 14.1 Å². The van der Waals surface area contributed by atoms with Gasteiger partial charge in [0.2, 0.25) is 0 Å². The highest BCUT2D eigenvalue weighted by molar-refractivity contribution is 7.39. The standard InChI is InChI=1S/C17H18NO4P/c1-21-23(20)12-11-18-17(19)22-13-15-9-5-6-10-16(15)14-7-3-2-4-8-14/h2-10H,11-13H2,1H3/p+1. The third kappa shape index (κ3) is 5.47. The van der Waals surface area contributed by atoms with E-state index in [0.717, 1.165) is 16.7 Å². The highest BCUT2D eigenvalue weighted by Crippen LogP contribution is 2.24. The van der Waals surface area contributed by atoms with Gasteiger partial charge in [0.05, 0.1) is 13.7 Å². The van der Waals surface area contributed by atoms with Gasteiger partial charge in [-0.25, -0.2) is 4.79 Å². The summed E-state index contributed by atoms with van der Waals surface area (Å²) in [5, 5.41) is 2.55. The second-order valence-corrected chi connectivity index (χ2v) is 6.24. The van der Waals surface area contributed by atoms with Gasteiger partial charge in [0.25, 0.3) is 0 Å². The molecule has 23 heavy (non-hydrogen) atoms.